The molecule has 6 heteroatoms. The highest BCUT2D eigenvalue weighted by molar-refractivity contribution is 7.80. The van der Waals surface area contributed by atoms with E-state index in [1.165, 1.54) is 4.88 Å². The molecule has 19 heavy (non-hydrogen) atoms. The zero-order valence-corrected chi connectivity index (χ0v) is 12.5. The van der Waals surface area contributed by atoms with Crippen LogP contribution in [0.4, 0.5) is 0 Å². The van der Waals surface area contributed by atoms with Gasteiger partial charge in [-0.2, -0.15) is 0 Å². The van der Waals surface area contributed by atoms with Crippen molar-refractivity contribution in [2.75, 3.05) is 13.2 Å². The molecule has 0 saturated carbocycles. The number of thiophene rings is 1. The van der Waals surface area contributed by atoms with E-state index in [0.717, 1.165) is 4.88 Å². The van der Waals surface area contributed by atoms with Crippen LogP contribution in [0, 0.1) is 12.3 Å². The fourth-order valence-corrected chi connectivity index (χ4v) is 3.35. The van der Waals surface area contributed by atoms with Crippen molar-refractivity contribution in [3.05, 3.63) is 21.9 Å². The van der Waals surface area contributed by atoms with E-state index in [-0.39, 0.29) is 10.9 Å². The van der Waals surface area contributed by atoms with Crippen LogP contribution >= 0.6 is 23.6 Å². The lowest BCUT2D eigenvalue weighted by Gasteiger charge is -2.34. The second-order valence-corrected chi connectivity index (χ2v) is 6.57. The van der Waals surface area contributed by atoms with Crippen molar-refractivity contribution in [1.82, 2.24) is 5.32 Å². The molecule has 1 fully saturated rings. The fraction of sp³-hybridized carbons (Fsp3) is 0.538. The number of carbonyl (C=O) groups excluding carboxylic acids is 1. The number of nitrogens with one attached hydrogen (secondary N) is 1. The van der Waals surface area contributed by atoms with Crippen molar-refractivity contribution in [3.63, 3.8) is 0 Å². The number of nitrogens with two attached hydrogens (primary N) is 1. The zero-order valence-electron chi connectivity index (χ0n) is 10.9. The van der Waals surface area contributed by atoms with Gasteiger partial charge in [0.2, 0.25) is 5.91 Å². The van der Waals surface area contributed by atoms with Crippen LogP contribution in [0.2, 0.25) is 0 Å². The molecule has 1 aromatic heterocycles. The van der Waals surface area contributed by atoms with E-state index in [1.54, 1.807) is 11.3 Å². The van der Waals surface area contributed by atoms with Crippen LogP contribution in [0.25, 0.3) is 0 Å². The van der Waals surface area contributed by atoms with Crippen LogP contribution in [-0.4, -0.2) is 24.1 Å². The van der Waals surface area contributed by atoms with Gasteiger partial charge in [-0.1, -0.05) is 12.2 Å². The van der Waals surface area contributed by atoms with E-state index < -0.39 is 5.41 Å². The molecule has 0 aliphatic carbocycles. The topological polar surface area (TPSA) is 64.4 Å². The van der Waals surface area contributed by atoms with Gasteiger partial charge < -0.3 is 15.8 Å². The largest absolute Gasteiger partial charge is 0.392 e. The van der Waals surface area contributed by atoms with Crippen LogP contribution < -0.4 is 11.1 Å². The molecule has 0 unspecified atom stereocenters. The minimum atomic E-state index is -0.736. The number of aryl methyl sites for hydroxylation is 1. The first-order valence-corrected chi connectivity index (χ1v) is 7.48. The Morgan fingerprint density at radius 1 is 1.53 bits per heavy atom. The molecule has 1 amide bonds. The summed E-state index contributed by atoms with van der Waals surface area (Å²) in [6.07, 6.45) is 1.13. The molecule has 0 aromatic carbocycles. The molecule has 0 radical (unpaired) electrons. The number of hydrogen-bond acceptors (Lipinski definition) is 4. The Kier molecular flexibility index (Phi) is 4.54. The molecule has 0 spiro atoms. The SMILES string of the molecule is Cc1ccc(CNC(=O)C2(C(N)=S)CCOCC2)s1. The molecular weight excluding hydrogens is 280 g/mol. The minimum Gasteiger partial charge on any atom is -0.392 e. The molecule has 4 nitrogen and oxygen atoms in total. The summed E-state index contributed by atoms with van der Waals surface area (Å²) in [6.45, 7) is 3.64. The molecule has 2 rings (SSSR count). The normalized spacial score (nSPS) is 17.9. The van der Waals surface area contributed by atoms with E-state index in [2.05, 4.69) is 5.32 Å². The van der Waals surface area contributed by atoms with Gasteiger partial charge in [-0.3, -0.25) is 4.79 Å². The van der Waals surface area contributed by atoms with Crippen molar-refractivity contribution < 1.29 is 9.53 Å². The molecule has 1 aliphatic heterocycles. The first kappa shape index (κ1) is 14.4. The summed E-state index contributed by atoms with van der Waals surface area (Å²) in [7, 11) is 0. The predicted molar refractivity (Wildman–Crippen MR) is 80.2 cm³/mol. The summed E-state index contributed by atoms with van der Waals surface area (Å²) in [5, 5.41) is 2.95. The molecule has 1 aromatic rings. The summed E-state index contributed by atoms with van der Waals surface area (Å²) < 4.78 is 5.30. The molecule has 1 saturated heterocycles. The van der Waals surface area contributed by atoms with E-state index >= 15 is 0 Å². The van der Waals surface area contributed by atoms with Crippen molar-refractivity contribution in [3.8, 4) is 0 Å². The number of carbonyl (C=O) groups is 1. The van der Waals surface area contributed by atoms with Crippen molar-refractivity contribution >= 4 is 34.5 Å². The van der Waals surface area contributed by atoms with Crippen LogP contribution in [0.5, 0.6) is 0 Å². The smallest absolute Gasteiger partial charge is 0.233 e. The highest BCUT2D eigenvalue weighted by Crippen LogP contribution is 2.31. The first-order valence-electron chi connectivity index (χ1n) is 6.26. The lowest BCUT2D eigenvalue weighted by atomic mass is 9.79. The summed E-state index contributed by atoms with van der Waals surface area (Å²) >= 11 is 6.78. The van der Waals surface area contributed by atoms with Gasteiger partial charge >= 0.3 is 0 Å². The predicted octanol–water partition coefficient (Wildman–Crippen LogP) is 1.76. The first-order chi connectivity index (χ1) is 9.04. The highest BCUT2D eigenvalue weighted by atomic mass is 32.1. The van der Waals surface area contributed by atoms with Gasteiger partial charge in [0.25, 0.3) is 0 Å². The van der Waals surface area contributed by atoms with Crippen molar-refractivity contribution in [1.29, 1.82) is 0 Å². The van der Waals surface area contributed by atoms with Gasteiger partial charge in [-0.25, -0.2) is 0 Å². The van der Waals surface area contributed by atoms with Gasteiger partial charge in [0, 0.05) is 23.0 Å². The van der Waals surface area contributed by atoms with Gasteiger partial charge in [0.05, 0.1) is 11.5 Å². The van der Waals surface area contributed by atoms with E-state index in [1.807, 2.05) is 19.1 Å². The van der Waals surface area contributed by atoms with Gasteiger partial charge in [-0.15, -0.1) is 11.3 Å². The third-order valence-electron chi connectivity index (χ3n) is 3.47. The molecule has 0 atom stereocenters. The maximum Gasteiger partial charge on any atom is 0.233 e. The molecule has 1 aliphatic rings. The second-order valence-electron chi connectivity index (χ2n) is 4.75. The number of amides is 1. The van der Waals surface area contributed by atoms with Crippen LogP contribution in [0.3, 0.4) is 0 Å². The summed E-state index contributed by atoms with van der Waals surface area (Å²) in [6, 6.07) is 4.07. The lowest BCUT2D eigenvalue weighted by molar-refractivity contribution is -0.131. The van der Waals surface area contributed by atoms with Gasteiger partial charge in [0.1, 0.15) is 5.41 Å². The number of hydrogen-bond donors (Lipinski definition) is 2. The molecule has 104 valence electrons. The number of rotatable bonds is 4. The average molecular weight is 298 g/mol. The summed E-state index contributed by atoms with van der Waals surface area (Å²) in [5.41, 5.74) is 5.06. The Labute approximate surface area is 122 Å². The highest BCUT2D eigenvalue weighted by Gasteiger charge is 2.42. The maximum atomic E-state index is 12.4. The number of ether oxygens (including phenoxy) is 1. The Bertz CT molecular complexity index is 479. The number of thiocarbonyl (C=S) groups is 1. The molecular formula is C13H18N2O2S2. The third-order valence-corrected chi connectivity index (χ3v) is 4.86. The Morgan fingerprint density at radius 2 is 2.21 bits per heavy atom. The monoisotopic (exact) mass is 298 g/mol. The standard InChI is InChI=1S/C13H18N2O2S2/c1-9-2-3-10(19-9)8-15-12(16)13(11(14)18)4-6-17-7-5-13/h2-3H,4-8H2,1H3,(H2,14,18)(H,15,16). The van der Waals surface area contributed by atoms with Crippen molar-refractivity contribution in [2.45, 2.75) is 26.3 Å². The maximum absolute atomic E-state index is 12.4. The fourth-order valence-electron chi connectivity index (χ4n) is 2.22. The molecule has 0 bridgehead atoms. The van der Waals surface area contributed by atoms with E-state index in [4.69, 9.17) is 22.7 Å². The Balaban J connectivity index is 2.02. The minimum absolute atomic E-state index is 0.0747. The lowest BCUT2D eigenvalue weighted by Crippen LogP contribution is -2.51. The summed E-state index contributed by atoms with van der Waals surface area (Å²) in [4.78, 5) is 15.1. The third kappa shape index (κ3) is 3.13. The van der Waals surface area contributed by atoms with E-state index in [9.17, 15) is 4.79 Å². The summed E-state index contributed by atoms with van der Waals surface area (Å²) in [5.74, 6) is -0.0747. The Morgan fingerprint density at radius 3 is 2.74 bits per heavy atom. The van der Waals surface area contributed by atoms with Gasteiger partial charge in [0.15, 0.2) is 0 Å². The van der Waals surface area contributed by atoms with Crippen LogP contribution in [0.15, 0.2) is 12.1 Å². The molecule has 2 heterocycles. The van der Waals surface area contributed by atoms with E-state index in [0.29, 0.717) is 32.6 Å². The van der Waals surface area contributed by atoms with Crippen LogP contribution in [0.1, 0.15) is 22.6 Å². The van der Waals surface area contributed by atoms with Crippen LogP contribution in [-0.2, 0) is 16.1 Å². The van der Waals surface area contributed by atoms with Crippen molar-refractivity contribution in [2.24, 2.45) is 11.1 Å². The zero-order chi connectivity index (χ0) is 13.9. The molecule has 3 N–H and O–H groups in total. The quantitative estimate of drug-likeness (QED) is 0.831. The van der Waals surface area contributed by atoms with Gasteiger partial charge in [-0.05, 0) is 31.9 Å². The Hall–Kier alpha value is -0.980. The average Bonchev–Trinajstić information content (AvgIpc) is 2.82. The second kappa shape index (κ2) is 5.98.